The Labute approximate surface area is 103 Å². The lowest BCUT2D eigenvalue weighted by molar-refractivity contribution is -0.0109. The molecule has 2 rings (SSSR count). The van der Waals surface area contributed by atoms with Crippen molar-refractivity contribution in [2.24, 2.45) is 0 Å². The van der Waals surface area contributed by atoms with Gasteiger partial charge in [-0.05, 0) is 37.5 Å². The molecule has 1 aromatic rings. The lowest BCUT2D eigenvalue weighted by Gasteiger charge is -2.22. The molecule has 2 atom stereocenters. The summed E-state index contributed by atoms with van der Waals surface area (Å²) in [6, 6.07) is 6.63. The summed E-state index contributed by atoms with van der Waals surface area (Å²) in [5, 5.41) is 0. The van der Waals surface area contributed by atoms with E-state index in [0.717, 1.165) is 22.8 Å². The average Bonchev–Trinajstić information content (AvgIpc) is 2.63. The number of ether oxygens (including phenoxy) is 1. The molecule has 1 aliphatic heterocycles. The summed E-state index contributed by atoms with van der Waals surface area (Å²) in [6.45, 7) is 2.14. The van der Waals surface area contributed by atoms with Gasteiger partial charge in [0.25, 0.3) is 0 Å². The molecule has 1 aliphatic rings. The lowest BCUT2D eigenvalue weighted by Crippen LogP contribution is -2.24. The maximum absolute atomic E-state index is 12.7. The van der Waals surface area contributed by atoms with Gasteiger partial charge in [0.15, 0.2) is 0 Å². The summed E-state index contributed by atoms with van der Waals surface area (Å²) in [5.41, 5.74) is 1.09. The Kier molecular flexibility index (Phi) is 3.30. The van der Waals surface area contributed by atoms with E-state index in [1.807, 2.05) is 12.1 Å². The second-order valence-corrected chi connectivity index (χ2v) is 5.04. The SMILES string of the molecule is CC1(CI)CCC(c2ccc(F)cc2)O1. The number of hydrogen-bond donors (Lipinski definition) is 0. The zero-order valence-electron chi connectivity index (χ0n) is 8.67. The van der Waals surface area contributed by atoms with Crippen molar-refractivity contribution in [3.8, 4) is 0 Å². The van der Waals surface area contributed by atoms with Crippen molar-refractivity contribution >= 4 is 22.6 Å². The first kappa shape index (κ1) is 11.3. The van der Waals surface area contributed by atoms with Gasteiger partial charge in [-0.3, -0.25) is 0 Å². The second kappa shape index (κ2) is 4.37. The molecule has 1 fully saturated rings. The smallest absolute Gasteiger partial charge is 0.123 e. The van der Waals surface area contributed by atoms with Gasteiger partial charge in [-0.2, -0.15) is 0 Å². The molecule has 1 heterocycles. The van der Waals surface area contributed by atoms with E-state index >= 15 is 0 Å². The van der Waals surface area contributed by atoms with E-state index in [-0.39, 0.29) is 17.5 Å². The van der Waals surface area contributed by atoms with Gasteiger partial charge in [0, 0.05) is 4.43 Å². The zero-order chi connectivity index (χ0) is 10.9. The minimum atomic E-state index is -0.187. The van der Waals surface area contributed by atoms with Crippen LogP contribution >= 0.6 is 22.6 Å². The van der Waals surface area contributed by atoms with Crippen LogP contribution in [-0.4, -0.2) is 10.0 Å². The summed E-state index contributed by atoms with van der Waals surface area (Å²) in [5.74, 6) is -0.187. The van der Waals surface area contributed by atoms with Gasteiger partial charge in [-0.15, -0.1) is 0 Å². The highest BCUT2D eigenvalue weighted by atomic mass is 127. The van der Waals surface area contributed by atoms with Crippen molar-refractivity contribution in [1.29, 1.82) is 0 Å². The Hall–Kier alpha value is -0.160. The summed E-state index contributed by atoms with van der Waals surface area (Å²) in [7, 11) is 0. The number of rotatable bonds is 2. The maximum atomic E-state index is 12.7. The van der Waals surface area contributed by atoms with E-state index in [2.05, 4.69) is 29.5 Å². The largest absolute Gasteiger partial charge is 0.367 e. The molecule has 0 amide bonds. The predicted molar refractivity (Wildman–Crippen MR) is 66.8 cm³/mol. The molecule has 0 saturated carbocycles. The van der Waals surface area contributed by atoms with Crippen molar-refractivity contribution < 1.29 is 9.13 Å². The minimum absolute atomic E-state index is 0.000384. The molecule has 2 unspecified atom stereocenters. The van der Waals surface area contributed by atoms with Gasteiger partial charge in [0.05, 0.1) is 11.7 Å². The van der Waals surface area contributed by atoms with Crippen molar-refractivity contribution in [1.82, 2.24) is 0 Å². The average molecular weight is 320 g/mol. The van der Waals surface area contributed by atoms with Crippen LogP contribution in [0.1, 0.15) is 31.4 Å². The Morgan fingerprint density at radius 2 is 2.13 bits per heavy atom. The molecule has 15 heavy (non-hydrogen) atoms. The van der Waals surface area contributed by atoms with E-state index < -0.39 is 0 Å². The van der Waals surface area contributed by atoms with Crippen LogP contribution in [0.4, 0.5) is 4.39 Å². The van der Waals surface area contributed by atoms with E-state index in [4.69, 9.17) is 4.74 Å². The standard InChI is InChI=1S/C12H14FIO/c1-12(8-14)7-6-11(15-12)9-2-4-10(13)5-3-9/h2-5,11H,6-8H2,1H3. The molecule has 1 saturated heterocycles. The molecule has 0 N–H and O–H groups in total. The summed E-state index contributed by atoms with van der Waals surface area (Å²) >= 11 is 2.36. The van der Waals surface area contributed by atoms with Gasteiger partial charge in [-0.25, -0.2) is 4.39 Å². The number of alkyl halides is 1. The normalized spacial score (nSPS) is 30.7. The summed E-state index contributed by atoms with van der Waals surface area (Å²) < 4.78 is 19.7. The Bertz CT molecular complexity index is 338. The fourth-order valence-electron chi connectivity index (χ4n) is 1.91. The van der Waals surface area contributed by atoms with E-state index in [9.17, 15) is 4.39 Å². The van der Waals surface area contributed by atoms with Gasteiger partial charge in [-0.1, -0.05) is 34.7 Å². The van der Waals surface area contributed by atoms with Gasteiger partial charge >= 0.3 is 0 Å². The van der Waals surface area contributed by atoms with Crippen LogP contribution in [0.3, 0.4) is 0 Å². The fourth-order valence-corrected chi connectivity index (χ4v) is 2.47. The quantitative estimate of drug-likeness (QED) is 0.594. The fraction of sp³-hybridized carbons (Fsp3) is 0.500. The van der Waals surface area contributed by atoms with Crippen LogP contribution in [-0.2, 0) is 4.74 Å². The third-order valence-electron chi connectivity index (χ3n) is 2.89. The van der Waals surface area contributed by atoms with E-state index in [0.29, 0.717) is 0 Å². The number of hydrogen-bond acceptors (Lipinski definition) is 1. The van der Waals surface area contributed by atoms with Crippen LogP contribution in [0, 0.1) is 5.82 Å². The molecule has 0 aliphatic carbocycles. The molecule has 1 aromatic carbocycles. The predicted octanol–water partition coefficient (Wildman–Crippen LogP) is 3.87. The topological polar surface area (TPSA) is 9.23 Å². The second-order valence-electron chi connectivity index (χ2n) is 4.28. The van der Waals surface area contributed by atoms with Crippen LogP contribution in [0.25, 0.3) is 0 Å². The van der Waals surface area contributed by atoms with Gasteiger partial charge in [0.2, 0.25) is 0 Å². The lowest BCUT2D eigenvalue weighted by atomic mass is 10.0. The van der Waals surface area contributed by atoms with Crippen molar-refractivity contribution in [2.75, 3.05) is 4.43 Å². The summed E-state index contributed by atoms with van der Waals surface area (Å²) in [4.78, 5) is 0. The first-order valence-corrected chi connectivity index (χ1v) is 6.65. The monoisotopic (exact) mass is 320 g/mol. The zero-order valence-corrected chi connectivity index (χ0v) is 10.8. The minimum Gasteiger partial charge on any atom is -0.367 e. The Balaban J connectivity index is 2.11. The highest BCUT2D eigenvalue weighted by Crippen LogP contribution is 2.40. The Morgan fingerprint density at radius 1 is 1.47 bits per heavy atom. The molecular formula is C12H14FIO. The number of benzene rings is 1. The highest BCUT2D eigenvalue weighted by molar-refractivity contribution is 14.1. The first-order chi connectivity index (χ1) is 7.13. The first-order valence-electron chi connectivity index (χ1n) is 5.12. The van der Waals surface area contributed by atoms with Gasteiger partial charge < -0.3 is 4.74 Å². The van der Waals surface area contributed by atoms with E-state index in [1.165, 1.54) is 12.1 Å². The molecule has 0 bridgehead atoms. The number of halogens is 2. The van der Waals surface area contributed by atoms with Crippen molar-refractivity contribution in [3.63, 3.8) is 0 Å². The van der Waals surface area contributed by atoms with Crippen LogP contribution in [0.15, 0.2) is 24.3 Å². The van der Waals surface area contributed by atoms with Crippen LogP contribution in [0.2, 0.25) is 0 Å². The molecule has 82 valence electrons. The molecule has 0 radical (unpaired) electrons. The van der Waals surface area contributed by atoms with E-state index in [1.54, 1.807) is 0 Å². The third-order valence-corrected chi connectivity index (χ3v) is 4.50. The Morgan fingerprint density at radius 3 is 2.67 bits per heavy atom. The highest BCUT2D eigenvalue weighted by Gasteiger charge is 2.35. The van der Waals surface area contributed by atoms with Gasteiger partial charge in [0.1, 0.15) is 5.82 Å². The van der Waals surface area contributed by atoms with Crippen LogP contribution in [0.5, 0.6) is 0 Å². The van der Waals surface area contributed by atoms with Crippen molar-refractivity contribution in [2.45, 2.75) is 31.5 Å². The molecule has 0 spiro atoms. The van der Waals surface area contributed by atoms with Crippen molar-refractivity contribution in [3.05, 3.63) is 35.6 Å². The third kappa shape index (κ3) is 2.50. The summed E-state index contributed by atoms with van der Waals surface area (Å²) in [6.07, 6.45) is 2.26. The molecule has 3 heteroatoms. The van der Waals surface area contributed by atoms with Crippen LogP contribution < -0.4 is 0 Å². The molecule has 0 aromatic heterocycles. The molecule has 1 nitrogen and oxygen atoms in total. The maximum Gasteiger partial charge on any atom is 0.123 e. The molecular weight excluding hydrogens is 306 g/mol.